The van der Waals surface area contributed by atoms with E-state index in [0.717, 1.165) is 62.8 Å². The van der Waals surface area contributed by atoms with Gasteiger partial charge >= 0.3 is 0 Å². The second kappa shape index (κ2) is 20.6. The minimum atomic E-state index is -0.128. The van der Waals surface area contributed by atoms with Crippen LogP contribution in [0.4, 0.5) is 0 Å². The molecule has 3 aromatic carbocycles. The topological polar surface area (TPSA) is 204 Å². The van der Waals surface area contributed by atoms with Gasteiger partial charge in [-0.3, -0.25) is 0 Å². The van der Waals surface area contributed by atoms with Crippen molar-refractivity contribution in [3.63, 3.8) is 0 Å². The van der Waals surface area contributed by atoms with Crippen LogP contribution < -0.4 is 4.74 Å². The fraction of sp³-hybridized carbons (Fsp3) is 0.389. The average Bonchev–Trinajstić information content (AvgIpc) is 4.14. The van der Waals surface area contributed by atoms with Crippen LogP contribution in [0.2, 0.25) is 5.02 Å². The molecule has 0 radical (unpaired) electrons. The van der Waals surface area contributed by atoms with Crippen LogP contribution in [0.3, 0.4) is 0 Å². The molecule has 372 valence electrons. The molecule has 0 atom stereocenters. The first-order chi connectivity index (χ1) is 33.4. The van der Waals surface area contributed by atoms with Crippen LogP contribution in [0.5, 0.6) is 5.75 Å². The molecule has 6 aromatic heterocycles. The lowest BCUT2D eigenvalue weighted by Gasteiger charge is -2.12. The van der Waals surface area contributed by atoms with E-state index in [-0.39, 0.29) is 16.2 Å². The number of nitrogens with zero attached hydrogens (tertiary/aromatic N) is 9. The Hall–Kier alpha value is -7.20. The van der Waals surface area contributed by atoms with Crippen molar-refractivity contribution in [1.29, 1.82) is 0 Å². The molecule has 6 heterocycles. The highest BCUT2D eigenvalue weighted by molar-refractivity contribution is 6.30. The van der Waals surface area contributed by atoms with Crippen LogP contribution >= 0.6 is 11.6 Å². The third-order valence-electron chi connectivity index (χ3n) is 11.3. The second-order valence-corrected chi connectivity index (χ2v) is 21.2. The number of rotatable bonds is 9. The summed E-state index contributed by atoms with van der Waals surface area (Å²) in [4.78, 5) is 0. The number of aromatic nitrogens is 9. The van der Waals surface area contributed by atoms with Gasteiger partial charge in [-0.25, -0.2) is 0 Å². The molecule has 0 aliphatic rings. The molecule has 16 nitrogen and oxygen atoms in total. The van der Waals surface area contributed by atoms with E-state index in [1.807, 2.05) is 84.0 Å². The lowest BCUT2D eigenvalue weighted by atomic mass is 9.93. The van der Waals surface area contributed by atoms with Crippen molar-refractivity contribution in [3.05, 3.63) is 116 Å². The number of hydrogen-bond acceptors (Lipinski definition) is 16. The summed E-state index contributed by atoms with van der Waals surface area (Å²) in [5.41, 5.74) is 10.6. The normalized spacial score (nSPS) is 11.8. The van der Waals surface area contributed by atoms with Crippen molar-refractivity contribution in [2.45, 2.75) is 133 Å². The van der Waals surface area contributed by atoms with Gasteiger partial charge in [0.1, 0.15) is 23.0 Å². The predicted octanol–water partition coefficient (Wildman–Crippen LogP) is 14.4. The van der Waals surface area contributed by atoms with E-state index in [1.54, 1.807) is 6.07 Å². The maximum absolute atomic E-state index is 6.06. The first-order valence-corrected chi connectivity index (χ1v) is 23.8. The Labute approximate surface area is 418 Å². The monoisotopic (exact) mass is 983 g/mol. The number of halogens is 1. The zero-order valence-electron chi connectivity index (χ0n) is 43.4. The lowest BCUT2D eigenvalue weighted by molar-refractivity contribution is 0.313. The summed E-state index contributed by atoms with van der Waals surface area (Å²) in [6.45, 7) is 33.6. The van der Waals surface area contributed by atoms with Gasteiger partial charge in [0, 0.05) is 56.2 Å². The van der Waals surface area contributed by atoms with Gasteiger partial charge < -0.3 is 31.6 Å². The molecule has 0 fully saturated rings. The maximum atomic E-state index is 6.06. The molecule has 9 aromatic rings. The van der Waals surface area contributed by atoms with Crippen molar-refractivity contribution < 1.29 is 31.6 Å². The first-order valence-electron chi connectivity index (χ1n) is 23.4. The standard InChI is InChI=1S/C20H25N3O3.C18H21N3O2.C16H16ClN3O2/c1-7-8-24-17-12(2)9-14(10-13(17)3)18-21-22-19(25-18)15-11-16(26-23-15)20(4,5)6;1-10-7-13(8-11(2)12(10)3)16-19-20-17(22-16)14-9-15(23-21-14)18(4,5)6;1-9-5-10(7-11(17)6-9)14-18-19-15(21-14)12-8-13(22-20-12)16(2,3)4/h9-11H,7-8H2,1-6H3;7-9H,1-6H3;5-8H,1-4H3. The molecule has 0 spiro atoms. The van der Waals surface area contributed by atoms with Gasteiger partial charge in [-0.05, 0) is 124 Å². The minimum Gasteiger partial charge on any atom is -0.493 e. The molecule has 0 N–H and O–H groups in total. The maximum Gasteiger partial charge on any atom is 0.270 e. The Bertz CT molecular complexity index is 3190. The number of hydrogen-bond donors (Lipinski definition) is 0. The Morgan fingerprint density at radius 2 is 0.775 bits per heavy atom. The molecule has 9 rings (SSSR count). The van der Waals surface area contributed by atoms with E-state index < -0.39 is 0 Å². The quantitative estimate of drug-likeness (QED) is 0.132. The largest absolute Gasteiger partial charge is 0.493 e. The molecule has 0 aliphatic carbocycles. The van der Waals surface area contributed by atoms with Crippen LogP contribution in [-0.4, -0.2) is 52.7 Å². The van der Waals surface area contributed by atoms with Gasteiger partial charge in [0.2, 0.25) is 17.7 Å². The first kappa shape index (κ1) is 51.6. The summed E-state index contributed by atoms with van der Waals surface area (Å²) in [6, 6.07) is 19.2. The molecule has 17 heteroatoms. The van der Waals surface area contributed by atoms with Gasteiger partial charge in [0.05, 0.1) is 6.61 Å². The Balaban J connectivity index is 0.000000157. The Morgan fingerprint density at radius 3 is 1.10 bits per heavy atom. The van der Waals surface area contributed by atoms with E-state index in [2.05, 4.69) is 127 Å². The van der Waals surface area contributed by atoms with Crippen molar-refractivity contribution in [2.24, 2.45) is 0 Å². The summed E-state index contributed by atoms with van der Waals surface area (Å²) in [6.07, 6.45) is 0.974. The molecule has 0 amide bonds. The second-order valence-electron chi connectivity index (χ2n) is 20.8. The third-order valence-corrected chi connectivity index (χ3v) is 11.5. The van der Waals surface area contributed by atoms with E-state index >= 15 is 0 Å². The third kappa shape index (κ3) is 12.4. The van der Waals surface area contributed by atoms with Crippen molar-refractivity contribution in [2.75, 3.05) is 6.61 Å². The Morgan fingerprint density at radius 1 is 0.437 bits per heavy atom. The van der Waals surface area contributed by atoms with Crippen molar-refractivity contribution in [1.82, 2.24) is 46.1 Å². The Kier molecular flexibility index (Phi) is 15.0. The highest BCUT2D eigenvalue weighted by atomic mass is 35.5. The lowest BCUT2D eigenvalue weighted by Crippen LogP contribution is -2.09. The summed E-state index contributed by atoms with van der Waals surface area (Å²) >= 11 is 6.06. The highest BCUT2D eigenvalue weighted by Crippen LogP contribution is 2.34. The molecule has 71 heavy (non-hydrogen) atoms. The number of benzene rings is 3. The number of ether oxygens (including phenoxy) is 1. The summed E-state index contributed by atoms with van der Waals surface area (Å²) in [5, 5.41) is 37.3. The van der Waals surface area contributed by atoms with E-state index in [0.29, 0.717) is 64.1 Å². The van der Waals surface area contributed by atoms with Gasteiger partial charge in [-0.15, -0.1) is 30.6 Å². The van der Waals surface area contributed by atoms with Crippen molar-refractivity contribution in [3.8, 4) is 74.9 Å². The molecule has 0 aliphatic heterocycles. The van der Waals surface area contributed by atoms with Crippen LogP contribution in [0, 0.1) is 41.5 Å². The molecule has 0 saturated carbocycles. The van der Waals surface area contributed by atoms with Gasteiger partial charge in [-0.1, -0.05) is 96.3 Å². The highest BCUT2D eigenvalue weighted by Gasteiger charge is 2.26. The fourth-order valence-corrected chi connectivity index (χ4v) is 7.33. The SMILES string of the molecule is CCCOc1c(C)cc(-c2nnc(-c3cc(C(C)(C)C)on3)o2)cc1C.Cc1cc(-c2nnc(-c3cc(C(C)(C)C)on3)o2)cc(C)c1C.Cc1cc(Cl)cc(-c2nnc(-c3cc(C(C)(C)C)on3)o2)c1. The smallest absolute Gasteiger partial charge is 0.270 e. The van der Waals surface area contributed by atoms with Crippen LogP contribution in [0.25, 0.3) is 69.1 Å². The molecular weight excluding hydrogens is 922 g/mol. The minimum absolute atomic E-state index is 0.112. The van der Waals surface area contributed by atoms with E-state index in [4.69, 9.17) is 43.2 Å². The molecular formula is C54H62ClN9O7. The molecule has 0 bridgehead atoms. The van der Waals surface area contributed by atoms with Gasteiger partial charge in [0.25, 0.3) is 17.7 Å². The zero-order valence-corrected chi connectivity index (χ0v) is 44.2. The summed E-state index contributed by atoms with van der Waals surface area (Å²) in [5.74, 6) is 5.64. The van der Waals surface area contributed by atoms with Crippen molar-refractivity contribution >= 4 is 11.6 Å². The van der Waals surface area contributed by atoms with E-state index in [1.165, 1.54) is 16.7 Å². The van der Waals surface area contributed by atoms with Crippen LogP contribution in [-0.2, 0) is 16.2 Å². The summed E-state index contributed by atoms with van der Waals surface area (Å²) < 4.78 is 39.2. The molecule has 0 unspecified atom stereocenters. The molecule has 0 saturated heterocycles. The zero-order chi connectivity index (χ0) is 51.6. The fourth-order valence-electron chi connectivity index (χ4n) is 7.04. The van der Waals surface area contributed by atoms with Crippen LogP contribution in [0.15, 0.2) is 87.5 Å². The van der Waals surface area contributed by atoms with Gasteiger partial charge in [0.15, 0.2) is 17.1 Å². The predicted molar refractivity (Wildman–Crippen MR) is 271 cm³/mol. The van der Waals surface area contributed by atoms with E-state index in [9.17, 15) is 0 Å². The van der Waals surface area contributed by atoms with Gasteiger partial charge in [-0.2, -0.15) is 0 Å². The summed E-state index contributed by atoms with van der Waals surface area (Å²) in [7, 11) is 0. The number of aryl methyl sites for hydroxylation is 5. The average molecular weight is 985 g/mol. The van der Waals surface area contributed by atoms with Crippen LogP contribution in [0.1, 0.15) is 126 Å².